The molecule has 0 bridgehead atoms. The van der Waals surface area contributed by atoms with E-state index in [1.165, 1.54) is 11.1 Å². The highest BCUT2D eigenvalue weighted by atomic mass is 16.5. The van der Waals surface area contributed by atoms with Crippen LogP contribution >= 0.6 is 0 Å². The molecule has 1 saturated heterocycles. The van der Waals surface area contributed by atoms with Crippen molar-refractivity contribution in [2.45, 2.75) is 24.4 Å². The lowest BCUT2D eigenvalue weighted by molar-refractivity contribution is -0.00115. The molecule has 0 unspecified atom stereocenters. The minimum Gasteiger partial charge on any atom is -0.494 e. The highest BCUT2D eigenvalue weighted by molar-refractivity contribution is 5.47. The fourth-order valence-electron chi connectivity index (χ4n) is 4.85. The molecule has 0 radical (unpaired) electrons. The number of likely N-dealkylation sites (tertiary alicyclic amines) is 1. The second kappa shape index (κ2) is 7.92. The molecule has 5 rings (SSSR count). The molecule has 1 fully saturated rings. The molecule has 2 aliphatic rings. The Bertz CT molecular complexity index is 943. The van der Waals surface area contributed by atoms with Gasteiger partial charge < -0.3 is 14.4 Å². The Labute approximate surface area is 172 Å². The third-order valence-electron chi connectivity index (χ3n) is 6.28. The van der Waals surface area contributed by atoms with E-state index in [9.17, 15) is 0 Å². The molecule has 0 spiro atoms. The van der Waals surface area contributed by atoms with Crippen LogP contribution < -0.4 is 9.47 Å². The first-order chi connectivity index (χ1) is 14.4. The van der Waals surface area contributed by atoms with E-state index in [2.05, 4.69) is 59.5 Å². The summed E-state index contributed by atoms with van der Waals surface area (Å²) in [5.74, 6) is 2.37. The SMILES string of the molecule is c1ccc(OCCCN2CC[C@@]3(c4ccccc4)Oc4ccccc4[C@H]3C2)cc1. The van der Waals surface area contributed by atoms with Crippen LogP contribution in [0, 0.1) is 0 Å². The average molecular weight is 386 g/mol. The summed E-state index contributed by atoms with van der Waals surface area (Å²) in [5.41, 5.74) is 2.41. The zero-order chi connectivity index (χ0) is 19.5. The maximum absolute atomic E-state index is 6.66. The largest absolute Gasteiger partial charge is 0.494 e. The van der Waals surface area contributed by atoms with Crippen LogP contribution in [0.25, 0.3) is 0 Å². The first-order valence-corrected chi connectivity index (χ1v) is 10.6. The number of nitrogens with zero attached hydrogens (tertiary/aromatic N) is 1. The van der Waals surface area contributed by atoms with Gasteiger partial charge in [0.05, 0.1) is 6.61 Å². The van der Waals surface area contributed by atoms with Crippen LogP contribution in [0.4, 0.5) is 0 Å². The average Bonchev–Trinajstić information content (AvgIpc) is 3.13. The number of ether oxygens (including phenoxy) is 2. The van der Waals surface area contributed by atoms with Crippen molar-refractivity contribution in [1.29, 1.82) is 0 Å². The van der Waals surface area contributed by atoms with E-state index in [-0.39, 0.29) is 5.60 Å². The van der Waals surface area contributed by atoms with E-state index < -0.39 is 0 Å². The molecular formula is C26H27NO2. The minimum atomic E-state index is -0.234. The third kappa shape index (κ3) is 3.51. The van der Waals surface area contributed by atoms with Gasteiger partial charge in [-0.2, -0.15) is 0 Å². The van der Waals surface area contributed by atoms with Crippen LogP contribution in [-0.4, -0.2) is 31.1 Å². The van der Waals surface area contributed by atoms with Crippen LogP contribution in [0.2, 0.25) is 0 Å². The van der Waals surface area contributed by atoms with Gasteiger partial charge in [0.2, 0.25) is 0 Å². The van der Waals surface area contributed by atoms with Crippen molar-refractivity contribution in [1.82, 2.24) is 4.90 Å². The Morgan fingerprint density at radius 3 is 2.45 bits per heavy atom. The topological polar surface area (TPSA) is 21.7 Å². The van der Waals surface area contributed by atoms with Crippen LogP contribution in [0.3, 0.4) is 0 Å². The summed E-state index contributed by atoms with van der Waals surface area (Å²) in [6, 6.07) is 29.4. The summed E-state index contributed by atoms with van der Waals surface area (Å²) in [5, 5.41) is 0. The number of rotatable bonds is 6. The van der Waals surface area contributed by atoms with Crippen LogP contribution in [-0.2, 0) is 5.60 Å². The molecule has 0 saturated carbocycles. The molecule has 3 aromatic carbocycles. The minimum absolute atomic E-state index is 0.234. The van der Waals surface area contributed by atoms with E-state index >= 15 is 0 Å². The molecule has 0 aromatic heterocycles. The number of benzene rings is 3. The van der Waals surface area contributed by atoms with Gasteiger partial charge in [0.1, 0.15) is 17.1 Å². The summed E-state index contributed by atoms with van der Waals surface area (Å²) in [7, 11) is 0. The Kier molecular flexibility index (Phi) is 4.99. The van der Waals surface area contributed by atoms with Gasteiger partial charge in [-0.15, -0.1) is 0 Å². The van der Waals surface area contributed by atoms with Gasteiger partial charge in [-0.1, -0.05) is 66.7 Å². The molecule has 2 heterocycles. The smallest absolute Gasteiger partial charge is 0.143 e. The van der Waals surface area contributed by atoms with E-state index in [0.717, 1.165) is 50.6 Å². The lowest BCUT2D eigenvalue weighted by Gasteiger charge is -2.43. The number of hydrogen-bond acceptors (Lipinski definition) is 3. The normalized spacial score (nSPS) is 23.1. The molecule has 29 heavy (non-hydrogen) atoms. The monoisotopic (exact) mass is 385 g/mol. The molecular weight excluding hydrogens is 358 g/mol. The Balaban J connectivity index is 1.28. The predicted molar refractivity (Wildman–Crippen MR) is 116 cm³/mol. The van der Waals surface area contributed by atoms with Gasteiger partial charge >= 0.3 is 0 Å². The lowest BCUT2D eigenvalue weighted by atomic mass is 9.74. The van der Waals surface area contributed by atoms with Crippen molar-refractivity contribution in [3.05, 3.63) is 96.1 Å². The summed E-state index contributed by atoms with van der Waals surface area (Å²) in [6.07, 6.45) is 2.04. The molecule has 0 amide bonds. The molecule has 3 heteroatoms. The molecule has 2 atom stereocenters. The molecule has 148 valence electrons. The van der Waals surface area contributed by atoms with Crippen LogP contribution in [0.5, 0.6) is 11.5 Å². The van der Waals surface area contributed by atoms with Crippen molar-refractivity contribution < 1.29 is 9.47 Å². The lowest BCUT2D eigenvalue weighted by Crippen LogP contribution is -2.49. The molecule has 0 N–H and O–H groups in total. The van der Waals surface area contributed by atoms with Crippen molar-refractivity contribution in [2.24, 2.45) is 0 Å². The van der Waals surface area contributed by atoms with Gasteiger partial charge in [-0.05, 0) is 30.2 Å². The maximum atomic E-state index is 6.66. The molecule has 3 aromatic rings. The fraction of sp³-hybridized carbons (Fsp3) is 0.308. The van der Waals surface area contributed by atoms with E-state index in [1.54, 1.807) is 0 Å². The Hall–Kier alpha value is -2.78. The molecule has 2 aliphatic heterocycles. The van der Waals surface area contributed by atoms with Crippen molar-refractivity contribution >= 4 is 0 Å². The molecule has 0 aliphatic carbocycles. The summed E-state index contributed by atoms with van der Waals surface area (Å²) in [6.45, 7) is 3.88. The van der Waals surface area contributed by atoms with E-state index in [4.69, 9.17) is 9.47 Å². The quantitative estimate of drug-likeness (QED) is 0.542. The Morgan fingerprint density at radius 2 is 1.62 bits per heavy atom. The van der Waals surface area contributed by atoms with Crippen molar-refractivity contribution in [2.75, 3.05) is 26.2 Å². The van der Waals surface area contributed by atoms with E-state index in [0.29, 0.717) is 5.92 Å². The second-order valence-electron chi connectivity index (χ2n) is 8.01. The predicted octanol–water partition coefficient (Wildman–Crippen LogP) is 5.23. The standard InChI is InChI=1S/C26H27NO2/c1-3-10-21(11-4-1)26-16-18-27(17-9-19-28-22-12-5-2-6-13-22)20-24(26)23-14-7-8-15-25(23)29-26/h1-8,10-15,24H,9,16-20H2/t24-,26+/m1/s1. The highest BCUT2D eigenvalue weighted by Gasteiger charge is 2.52. The maximum Gasteiger partial charge on any atom is 0.143 e. The van der Waals surface area contributed by atoms with Gasteiger partial charge in [0.15, 0.2) is 0 Å². The van der Waals surface area contributed by atoms with Gasteiger partial charge in [0, 0.05) is 37.5 Å². The number of piperidine rings is 1. The first kappa shape index (κ1) is 18.3. The molecule has 3 nitrogen and oxygen atoms in total. The first-order valence-electron chi connectivity index (χ1n) is 10.6. The number of para-hydroxylation sites is 2. The number of fused-ring (bicyclic) bond motifs is 3. The van der Waals surface area contributed by atoms with Crippen molar-refractivity contribution in [3.63, 3.8) is 0 Å². The van der Waals surface area contributed by atoms with Crippen molar-refractivity contribution in [3.8, 4) is 11.5 Å². The van der Waals surface area contributed by atoms with Crippen LogP contribution in [0.1, 0.15) is 29.9 Å². The summed E-state index contributed by atoms with van der Waals surface area (Å²) < 4.78 is 12.5. The summed E-state index contributed by atoms with van der Waals surface area (Å²) in [4.78, 5) is 2.58. The zero-order valence-corrected chi connectivity index (χ0v) is 16.7. The van der Waals surface area contributed by atoms with E-state index in [1.807, 2.05) is 30.3 Å². The third-order valence-corrected chi connectivity index (χ3v) is 6.28. The number of hydrogen-bond donors (Lipinski definition) is 0. The second-order valence-corrected chi connectivity index (χ2v) is 8.01. The summed E-state index contributed by atoms with van der Waals surface area (Å²) >= 11 is 0. The van der Waals surface area contributed by atoms with Gasteiger partial charge in [-0.25, -0.2) is 0 Å². The Morgan fingerprint density at radius 1 is 0.897 bits per heavy atom. The fourth-order valence-corrected chi connectivity index (χ4v) is 4.85. The zero-order valence-electron chi connectivity index (χ0n) is 16.7. The van der Waals surface area contributed by atoms with Gasteiger partial charge in [-0.3, -0.25) is 0 Å². The van der Waals surface area contributed by atoms with Gasteiger partial charge in [0.25, 0.3) is 0 Å². The highest BCUT2D eigenvalue weighted by Crippen LogP contribution is 2.54. The van der Waals surface area contributed by atoms with Crippen LogP contribution in [0.15, 0.2) is 84.9 Å².